The normalized spacial score (nSPS) is 22.0. The minimum absolute atomic E-state index is 0.00321. The van der Waals surface area contributed by atoms with Crippen molar-refractivity contribution >= 4 is 11.9 Å². The van der Waals surface area contributed by atoms with Gasteiger partial charge in [0, 0.05) is 12.5 Å². The van der Waals surface area contributed by atoms with Crippen molar-refractivity contribution in [1.82, 2.24) is 5.32 Å². The van der Waals surface area contributed by atoms with Crippen molar-refractivity contribution in [2.45, 2.75) is 38.1 Å². The number of nitrogens with one attached hydrogen (secondary N) is 1. The molecule has 2 N–H and O–H groups in total. The summed E-state index contributed by atoms with van der Waals surface area (Å²) in [5.74, 6) is -0.282. The summed E-state index contributed by atoms with van der Waals surface area (Å²) >= 11 is 0. The first kappa shape index (κ1) is 15.4. The largest absolute Gasteiger partial charge is 0.496 e. The van der Waals surface area contributed by atoms with Crippen LogP contribution >= 0.6 is 0 Å². The lowest BCUT2D eigenvalue weighted by Gasteiger charge is -2.33. The van der Waals surface area contributed by atoms with Crippen LogP contribution in [0.25, 0.3) is 0 Å². The van der Waals surface area contributed by atoms with Gasteiger partial charge in [0.05, 0.1) is 13.0 Å². The van der Waals surface area contributed by atoms with Gasteiger partial charge < -0.3 is 15.2 Å². The number of hydrogen-bond acceptors (Lipinski definition) is 3. The Morgan fingerprint density at radius 3 is 2.67 bits per heavy atom. The Morgan fingerprint density at radius 2 is 2.05 bits per heavy atom. The number of carbonyl (C=O) groups excluding carboxylic acids is 1. The summed E-state index contributed by atoms with van der Waals surface area (Å²) < 4.78 is 5.30. The van der Waals surface area contributed by atoms with Gasteiger partial charge in [-0.25, -0.2) is 0 Å². The maximum Gasteiger partial charge on any atom is 0.306 e. The molecule has 1 fully saturated rings. The second-order valence-corrected chi connectivity index (χ2v) is 5.62. The Labute approximate surface area is 124 Å². The smallest absolute Gasteiger partial charge is 0.306 e. The van der Waals surface area contributed by atoms with Crippen LogP contribution in [0.15, 0.2) is 24.3 Å². The molecule has 1 aromatic rings. The molecule has 0 heterocycles. The standard InChI is InChI=1S/C16H21NO4/c1-10(13-5-3-4-6-14(13)21-2)7-15(18)17-12-8-11(9-12)16(19)20/h3-6,10-12H,7-9H2,1-2H3,(H,17,18)(H,19,20). The van der Waals surface area contributed by atoms with Crippen LogP contribution in [-0.4, -0.2) is 30.1 Å². The Bertz CT molecular complexity index is 523. The summed E-state index contributed by atoms with van der Waals surface area (Å²) in [5.41, 5.74) is 1.01. The quantitative estimate of drug-likeness (QED) is 0.842. The highest BCUT2D eigenvalue weighted by Crippen LogP contribution is 2.30. The summed E-state index contributed by atoms with van der Waals surface area (Å²) in [4.78, 5) is 22.7. The van der Waals surface area contributed by atoms with Crippen molar-refractivity contribution in [3.8, 4) is 5.75 Å². The van der Waals surface area contributed by atoms with Gasteiger partial charge >= 0.3 is 5.97 Å². The molecule has 21 heavy (non-hydrogen) atoms. The predicted molar refractivity (Wildman–Crippen MR) is 78.3 cm³/mol. The zero-order valence-electron chi connectivity index (χ0n) is 12.3. The van der Waals surface area contributed by atoms with Gasteiger partial charge in [-0.05, 0) is 30.4 Å². The minimum atomic E-state index is -0.775. The number of methoxy groups -OCH3 is 1. The summed E-state index contributed by atoms with van der Waals surface area (Å²) in [7, 11) is 1.62. The van der Waals surface area contributed by atoms with E-state index in [9.17, 15) is 9.59 Å². The molecule has 0 radical (unpaired) electrons. The molecule has 2 rings (SSSR count). The van der Waals surface area contributed by atoms with Gasteiger partial charge in [-0.2, -0.15) is 0 Å². The number of carboxylic acids is 1. The van der Waals surface area contributed by atoms with E-state index in [2.05, 4.69) is 5.32 Å². The maximum absolute atomic E-state index is 12.0. The number of aliphatic carboxylic acids is 1. The highest BCUT2D eigenvalue weighted by Gasteiger charge is 2.35. The monoisotopic (exact) mass is 291 g/mol. The molecule has 1 saturated carbocycles. The molecule has 1 aliphatic carbocycles. The molecule has 114 valence electrons. The number of ether oxygens (including phenoxy) is 1. The van der Waals surface area contributed by atoms with E-state index in [0.717, 1.165) is 11.3 Å². The van der Waals surface area contributed by atoms with Crippen LogP contribution in [0, 0.1) is 5.92 Å². The van der Waals surface area contributed by atoms with Crippen molar-refractivity contribution in [2.75, 3.05) is 7.11 Å². The molecule has 5 nitrogen and oxygen atoms in total. The second-order valence-electron chi connectivity index (χ2n) is 5.62. The van der Waals surface area contributed by atoms with E-state index >= 15 is 0 Å². The minimum Gasteiger partial charge on any atom is -0.496 e. The molecule has 1 atom stereocenters. The Morgan fingerprint density at radius 1 is 1.38 bits per heavy atom. The molecular weight excluding hydrogens is 270 g/mol. The fourth-order valence-corrected chi connectivity index (χ4v) is 2.69. The van der Waals surface area contributed by atoms with Crippen LogP contribution < -0.4 is 10.1 Å². The van der Waals surface area contributed by atoms with Crippen LogP contribution in [0.3, 0.4) is 0 Å². The number of benzene rings is 1. The third-order valence-corrected chi connectivity index (χ3v) is 4.01. The van der Waals surface area contributed by atoms with Crippen molar-refractivity contribution in [3.63, 3.8) is 0 Å². The molecular formula is C16H21NO4. The zero-order valence-corrected chi connectivity index (χ0v) is 12.3. The summed E-state index contributed by atoms with van der Waals surface area (Å²) in [6.07, 6.45) is 1.43. The van der Waals surface area contributed by atoms with Gasteiger partial charge in [0.2, 0.25) is 5.91 Å². The first-order chi connectivity index (χ1) is 10.0. The lowest BCUT2D eigenvalue weighted by Crippen LogP contribution is -2.46. The van der Waals surface area contributed by atoms with Gasteiger partial charge in [0.15, 0.2) is 0 Å². The van der Waals surface area contributed by atoms with Gasteiger partial charge in [0.1, 0.15) is 5.75 Å². The van der Waals surface area contributed by atoms with Crippen LogP contribution in [0.1, 0.15) is 37.7 Å². The van der Waals surface area contributed by atoms with E-state index in [-0.39, 0.29) is 23.8 Å². The van der Waals surface area contributed by atoms with Gasteiger partial charge in [-0.3, -0.25) is 9.59 Å². The van der Waals surface area contributed by atoms with E-state index in [4.69, 9.17) is 9.84 Å². The van der Waals surface area contributed by atoms with Crippen LogP contribution in [0.4, 0.5) is 0 Å². The fraction of sp³-hybridized carbons (Fsp3) is 0.500. The first-order valence-corrected chi connectivity index (χ1v) is 7.16. The van der Waals surface area contributed by atoms with Crippen molar-refractivity contribution < 1.29 is 19.4 Å². The number of amides is 1. The van der Waals surface area contributed by atoms with Crippen LogP contribution in [0.5, 0.6) is 5.75 Å². The molecule has 0 bridgehead atoms. The Kier molecular flexibility index (Phi) is 4.83. The number of carboxylic acid groups (broad SMARTS) is 1. The van der Waals surface area contributed by atoms with Crippen molar-refractivity contribution in [1.29, 1.82) is 0 Å². The summed E-state index contributed by atoms with van der Waals surface area (Å²) in [5, 5.41) is 11.7. The molecule has 0 saturated heterocycles. The summed E-state index contributed by atoms with van der Waals surface area (Å²) in [6.45, 7) is 1.98. The predicted octanol–water partition coefficient (Wildman–Crippen LogP) is 2.17. The SMILES string of the molecule is COc1ccccc1C(C)CC(=O)NC1CC(C(=O)O)C1. The number of rotatable bonds is 6. The third kappa shape index (κ3) is 3.74. The van der Waals surface area contributed by atoms with Crippen molar-refractivity contribution in [2.24, 2.45) is 5.92 Å². The van der Waals surface area contributed by atoms with Crippen LogP contribution in [-0.2, 0) is 9.59 Å². The average molecular weight is 291 g/mol. The average Bonchev–Trinajstić information content (AvgIpc) is 2.41. The molecule has 1 aromatic carbocycles. The van der Waals surface area contributed by atoms with Gasteiger partial charge in [-0.1, -0.05) is 25.1 Å². The van der Waals surface area contributed by atoms with E-state index < -0.39 is 5.97 Å². The highest BCUT2D eigenvalue weighted by atomic mass is 16.5. The van der Waals surface area contributed by atoms with Gasteiger partial charge in [0.25, 0.3) is 0 Å². The number of para-hydroxylation sites is 1. The van der Waals surface area contributed by atoms with E-state index in [1.54, 1.807) is 7.11 Å². The Balaban J connectivity index is 1.84. The second kappa shape index (κ2) is 6.61. The van der Waals surface area contributed by atoms with Crippen LogP contribution in [0.2, 0.25) is 0 Å². The highest BCUT2D eigenvalue weighted by molar-refractivity contribution is 5.78. The van der Waals surface area contributed by atoms with Crippen molar-refractivity contribution in [3.05, 3.63) is 29.8 Å². The number of carbonyl (C=O) groups is 2. The van der Waals surface area contributed by atoms with E-state index in [1.165, 1.54) is 0 Å². The first-order valence-electron chi connectivity index (χ1n) is 7.16. The molecule has 0 aliphatic heterocycles. The number of hydrogen-bond donors (Lipinski definition) is 2. The Hall–Kier alpha value is -2.04. The summed E-state index contributed by atoms with van der Waals surface area (Å²) in [6, 6.07) is 7.67. The molecule has 5 heteroatoms. The fourth-order valence-electron chi connectivity index (χ4n) is 2.69. The van der Waals surface area contributed by atoms with E-state index in [0.29, 0.717) is 19.3 Å². The lowest BCUT2D eigenvalue weighted by atomic mass is 9.80. The van der Waals surface area contributed by atoms with E-state index in [1.807, 2.05) is 31.2 Å². The van der Waals surface area contributed by atoms with Gasteiger partial charge in [-0.15, -0.1) is 0 Å². The molecule has 0 spiro atoms. The molecule has 1 aliphatic rings. The third-order valence-electron chi connectivity index (χ3n) is 4.01. The topological polar surface area (TPSA) is 75.6 Å². The maximum atomic E-state index is 12.0. The zero-order chi connectivity index (χ0) is 15.4. The molecule has 1 amide bonds. The molecule has 1 unspecified atom stereocenters. The lowest BCUT2D eigenvalue weighted by molar-refractivity contribution is -0.146. The molecule has 0 aromatic heterocycles.